The Kier molecular flexibility index (Phi) is 11.0. The Hall–Kier alpha value is -1.26. The van der Waals surface area contributed by atoms with Gasteiger partial charge in [-0.05, 0) is 30.5 Å². The van der Waals surface area contributed by atoms with Crippen molar-refractivity contribution in [3.63, 3.8) is 0 Å². The van der Waals surface area contributed by atoms with Crippen LogP contribution >= 0.6 is 24.0 Å². The van der Waals surface area contributed by atoms with Gasteiger partial charge in [0.1, 0.15) is 0 Å². The number of guanidine groups is 1. The van der Waals surface area contributed by atoms with E-state index in [1.165, 1.54) is 37.7 Å². The lowest BCUT2D eigenvalue weighted by molar-refractivity contribution is 0.0169. The second-order valence-corrected chi connectivity index (χ2v) is 7.71. The molecule has 1 saturated heterocycles. The number of halogens is 1. The van der Waals surface area contributed by atoms with Gasteiger partial charge in [-0.25, -0.2) is 0 Å². The maximum Gasteiger partial charge on any atom is 0.191 e. The van der Waals surface area contributed by atoms with Crippen LogP contribution in [0.25, 0.3) is 0 Å². The van der Waals surface area contributed by atoms with Gasteiger partial charge in [-0.2, -0.15) is 0 Å². The fraction of sp³-hybridized carbons (Fsp3) is 0.682. The SMILES string of the molecule is CN=C(NCC(c1ccc(OC)c(OC)c1)N1CCOCC1)NC1CCCCC1.I. The van der Waals surface area contributed by atoms with Gasteiger partial charge in [0.15, 0.2) is 17.5 Å². The van der Waals surface area contributed by atoms with Crippen LogP contribution in [-0.4, -0.2) is 71.0 Å². The summed E-state index contributed by atoms with van der Waals surface area (Å²) in [5.41, 5.74) is 1.20. The van der Waals surface area contributed by atoms with Gasteiger partial charge in [0.05, 0.1) is 33.5 Å². The summed E-state index contributed by atoms with van der Waals surface area (Å²) in [7, 11) is 5.19. The van der Waals surface area contributed by atoms with Crippen LogP contribution in [0, 0.1) is 0 Å². The second-order valence-electron chi connectivity index (χ2n) is 7.71. The highest BCUT2D eigenvalue weighted by Gasteiger charge is 2.24. The number of aliphatic imine (C=N–C) groups is 1. The fourth-order valence-electron chi connectivity index (χ4n) is 4.24. The third kappa shape index (κ3) is 6.88. The zero-order valence-corrected chi connectivity index (χ0v) is 20.8. The molecule has 1 aliphatic carbocycles. The minimum Gasteiger partial charge on any atom is -0.493 e. The van der Waals surface area contributed by atoms with Crippen molar-refractivity contribution in [3.05, 3.63) is 23.8 Å². The molecule has 2 aliphatic rings. The summed E-state index contributed by atoms with van der Waals surface area (Å²) in [6, 6.07) is 6.91. The standard InChI is InChI=1S/C22H36N4O3.HI/c1-23-22(25-18-7-5-4-6-8-18)24-16-19(26-11-13-29-14-12-26)17-9-10-20(27-2)21(15-17)28-3;/h9-10,15,18-19H,4-8,11-14,16H2,1-3H3,(H2,23,24,25);1H. The van der Waals surface area contributed by atoms with E-state index in [0.717, 1.165) is 50.3 Å². The average molecular weight is 532 g/mol. The molecule has 1 aromatic carbocycles. The number of nitrogens with zero attached hydrogens (tertiary/aromatic N) is 2. The summed E-state index contributed by atoms with van der Waals surface area (Å²) in [5, 5.41) is 7.17. The Labute approximate surface area is 197 Å². The normalized spacial score (nSPS) is 19.5. The first-order valence-electron chi connectivity index (χ1n) is 10.8. The molecule has 1 aromatic rings. The van der Waals surface area contributed by atoms with E-state index < -0.39 is 0 Å². The van der Waals surface area contributed by atoms with Gasteiger partial charge in [-0.15, -0.1) is 24.0 Å². The van der Waals surface area contributed by atoms with Gasteiger partial charge in [0.25, 0.3) is 0 Å². The number of methoxy groups -OCH3 is 2. The van der Waals surface area contributed by atoms with E-state index in [1.54, 1.807) is 14.2 Å². The van der Waals surface area contributed by atoms with Crippen molar-refractivity contribution in [1.29, 1.82) is 0 Å². The molecule has 1 saturated carbocycles. The van der Waals surface area contributed by atoms with Crippen molar-refractivity contribution in [2.45, 2.75) is 44.2 Å². The van der Waals surface area contributed by atoms with E-state index in [2.05, 4.69) is 32.7 Å². The van der Waals surface area contributed by atoms with E-state index in [4.69, 9.17) is 14.2 Å². The maximum absolute atomic E-state index is 5.57. The Balaban J connectivity index is 0.00000320. The first kappa shape index (κ1) is 25.0. The fourth-order valence-corrected chi connectivity index (χ4v) is 4.24. The molecule has 0 radical (unpaired) electrons. The lowest BCUT2D eigenvalue weighted by atomic mass is 9.96. The Morgan fingerprint density at radius 1 is 1.13 bits per heavy atom. The molecular formula is C22H37IN4O3. The molecule has 1 unspecified atom stereocenters. The van der Waals surface area contributed by atoms with E-state index in [1.807, 2.05) is 13.1 Å². The molecular weight excluding hydrogens is 495 g/mol. The molecule has 0 bridgehead atoms. The van der Waals surface area contributed by atoms with Gasteiger partial charge < -0.3 is 24.8 Å². The van der Waals surface area contributed by atoms with Crippen molar-refractivity contribution in [2.24, 2.45) is 4.99 Å². The first-order chi connectivity index (χ1) is 14.2. The van der Waals surface area contributed by atoms with Crippen molar-refractivity contribution in [2.75, 3.05) is 54.1 Å². The molecule has 1 atom stereocenters. The predicted octanol–water partition coefficient (Wildman–Crippen LogP) is 3.19. The van der Waals surface area contributed by atoms with Gasteiger partial charge >= 0.3 is 0 Å². The molecule has 170 valence electrons. The molecule has 8 heteroatoms. The van der Waals surface area contributed by atoms with Gasteiger partial charge in [0, 0.05) is 32.7 Å². The lowest BCUT2D eigenvalue weighted by Gasteiger charge is -2.35. The number of morpholine rings is 1. The number of hydrogen-bond donors (Lipinski definition) is 2. The first-order valence-corrected chi connectivity index (χ1v) is 10.8. The summed E-state index contributed by atoms with van der Waals surface area (Å²) in [4.78, 5) is 6.92. The van der Waals surface area contributed by atoms with Crippen LogP contribution < -0.4 is 20.1 Å². The highest BCUT2D eigenvalue weighted by atomic mass is 127. The molecule has 0 spiro atoms. The number of ether oxygens (including phenoxy) is 3. The highest BCUT2D eigenvalue weighted by molar-refractivity contribution is 14.0. The Morgan fingerprint density at radius 2 is 1.83 bits per heavy atom. The topological polar surface area (TPSA) is 67.4 Å². The lowest BCUT2D eigenvalue weighted by Crippen LogP contribution is -2.48. The van der Waals surface area contributed by atoms with E-state index in [9.17, 15) is 0 Å². The number of hydrogen-bond acceptors (Lipinski definition) is 5. The molecule has 2 N–H and O–H groups in total. The van der Waals surface area contributed by atoms with Crippen LogP contribution in [0.3, 0.4) is 0 Å². The quantitative estimate of drug-likeness (QED) is 0.320. The molecule has 3 rings (SSSR count). The smallest absolute Gasteiger partial charge is 0.191 e. The van der Waals surface area contributed by atoms with Crippen molar-refractivity contribution in [3.8, 4) is 11.5 Å². The van der Waals surface area contributed by atoms with Gasteiger partial charge in [-0.3, -0.25) is 9.89 Å². The summed E-state index contributed by atoms with van der Waals surface area (Å²) >= 11 is 0. The Bertz CT molecular complexity index is 662. The Morgan fingerprint density at radius 3 is 2.47 bits per heavy atom. The number of nitrogens with one attached hydrogen (secondary N) is 2. The zero-order chi connectivity index (χ0) is 20.5. The third-order valence-electron chi connectivity index (χ3n) is 5.91. The molecule has 7 nitrogen and oxygen atoms in total. The van der Waals surface area contributed by atoms with E-state index in [0.29, 0.717) is 6.04 Å². The molecule has 0 aromatic heterocycles. The van der Waals surface area contributed by atoms with Crippen molar-refractivity contribution in [1.82, 2.24) is 15.5 Å². The number of rotatable bonds is 7. The molecule has 1 aliphatic heterocycles. The van der Waals surface area contributed by atoms with Crippen LogP contribution in [0.4, 0.5) is 0 Å². The highest BCUT2D eigenvalue weighted by Crippen LogP contribution is 2.32. The summed E-state index contributed by atoms with van der Waals surface area (Å²) in [6.45, 7) is 4.12. The van der Waals surface area contributed by atoms with E-state index in [-0.39, 0.29) is 30.0 Å². The molecule has 0 amide bonds. The van der Waals surface area contributed by atoms with Crippen molar-refractivity contribution >= 4 is 29.9 Å². The van der Waals surface area contributed by atoms with Crippen LogP contribution in [0.2, 0.25) is 0 Å². The third-order valence-corrected chi connectivity index (χ3v) is 5.91. The van der Waals surface area contributed by atoms with Gasteiger partial charge in [0.2, 0.25) is 0 Å². The van der Waals surface area contributed by atoms with Crippen LogP contribution in [0.15, 0.2) is 23.2 Å². The molecule has 2 fully saturated rings. The van der Waals surface area contributed by atoms with Gasteiger partial charge in [-0.1, -0.05) is 25.3 Å². The summed E-state index contributed by atoms with van der Waals surface area (Å²) in [6.07, 6.45) is 6.41. The second kappa shape index (κ2) is 13.2. The maximum atomic E-state index is 5.57. The average Bonchev–Trinajstić information content (AvgIpc) is 2.79. The van der Waals surface area contributed by atoms with Crippen molar-refractivity contribution < 1.29 is 14.2 Å². The predicted molar refractivity (Wildman–Crippen MR) is 131 cm³/mol. The zero-order valence-electron chi connectivity index (χ0n) is 18.5. The van der Waals surface area contributed by atoms with Crippen LogP contribution in [-0.2, 0) is 4.74 Å². The summed E-state index contributed by atoms with van der Waals surface area (Å²) < 4.78 is 16.5. The molecule has 1 heterocycles. The van der Waals surface area contributed by atoms with Crippen LogP contribution in [0.5, 0.6) is 11.5 Å². The largest absolute Gasteiger partial charge is 0.493 e. The summed E-state index contributed by atoms with van der Waals surface area (Å²) in [5.74, 6) is 2.39. The monoisotopic (exact) mass is 532 g/mol. The van der Waals surface area contributed by atoms with E-state index >= 15 is 0 Å². The minimum atomic E-state index is 0. The van der Waals surface area contributed by atoms with Crippen LogP contribution in [0.1, 0.15) is 43.7 Å². The molecule has 30 heavy (non-hydrogen) atoms. The minimum absolute atomic E-state index is 0. The number of benzene rings is 1.